The number of hydrogen-bond acceptors (Lipinski definition) is 5. The van der Waals surface area contributed by atoms with E-state index in [0.29, 0.717) is 18.5 Å². The summed E-state index contributed by atoms with van der Waals surface area (Å²) in [7, 11) is 0. The Morgan fingerprint density at radius 1 is 1.44 bits per heavy atom. The van der Waals surface area contributed by atoms with Crippen LogP contribution in [-0.2, 0) is 11.3 Å². The zero-order valence-electron chi connectivity index (χ0n) is 10.4. The highest BCUT2D eigenvalue weighted by Gasteiger charge is 2.25. The van der Waals surface area contributed by atoms with Crippen molar-refractivity contribution in [1.29, 1.82) is 0 Å². The Morgan fingerprint density at radius 2 is 2.17 bits per heavy atom. The number of hydrogen-bond donors (Lipinski definition) is 2. The summed E-state index contributed by atoms with van der Waals surface area (Å²) in [5.74, 6) is 0.201. The molecule has 1 aromatic heterocycles. The Kier molecular flexibility index (Phi) is 4.09. The minimum atomic E-state index is -0.358. The Bertz CT molecular complexity index is 417. The molecule has 1 aliphatic rings. The molecule has 1 fully saturated rings. The predicted octanol–water partition coefficient (Wildman–Crippen LogP) is 0.170. The number of nitrogens with two attached hydrogens (primary N) is 2. The fourth-order valence-corrected chi connectivity index (χ4v) is 2.38. The number of primary amides is 1. The van der Waals surface area contributed by atoms with Gasteiger partial charge in [-0.25, -0.2) is 9.97 Å². The highest BCUT2D eigenvalue weighted by molar-refractivity contribution is 5.79. The number of amides is 1. The van der Waals surface area contributed by atoms with E-state index < -0.39 is 0 Å². The van der Waals surface area contributed by atoms with Crippen LogP contribution in [0, 0.1) is 0 Å². The van der Waals surface area contributed by atoms with Gasteiger partial charge in [-0.05, 0) is 18.9 Å². The molecular formula is C12H19N5O. The average molecular weight is 249 g/mol. The lowest BCUT2D eigenvalue weighted by Gasteiger charge is -2.27. The second-order valence-electron chi connectivity index (χ2n) is 4.58. The quantitative estimate of drug-likeness (QED) is 0.775. The van der Waals surface area contributed by atoms with Crippen LogP contribution < -0.4 is 16.4 Å². The molecule has 98 valence electrons. The first-order valence-electron chi connectivity index (χ1n) is 6.27. The molecule has 1 aliphatic carbocycles. The van der Waals surface area contributed by atoms with E-state index in [1.54, 1.807) is 12.3 Å². The number of nitrogens with zero attached hydrogens (tertiary/aromatic N) is 3. The van der Waals surface area contributed by atoms with Gasteiger partial charge in [-0.15, -0.1) is 0 Å². The van der Waals surface area contributed by atoms with Crippen LogP contribution in [0.3, 0.4) is 0 Å². The molecule has 0 unspecified atom stereocenters. The Labute approximate surface area is 106 Å². The van der Waals surface area contributed by atoms with Gasteiger partial charge in [0, 0.05) is 18.8 Å². The molecule has 4 N–H and O–H groups in total. The van der Waals surface area contributed by atoms with Gasteiger partial charge in [-0.2, -0.15) is 0 Å². The molecule has 0 aliphatic heterocycles. The van der Waals surface area contributed by atoms with Gasteiger partial charge in [0.2, 0.25) is 11.9 Å². The van der Waals surface area contributed by atoms with Gasteiger partial charge in [0.15, 0.2) is 0 Å². The lowest BCUT2D eigenvalue weighted by atomic mass is 10.2. The summed E-state index contributed by atoms with van der Waals surface area (Å²) >= 11 is 0. The van der Waals surface area contributed by atoms with Gasteiger partial charge in [0.25, 0.3) is 0 Å². The van der Waals surface area contributed by atoms with Crippen molar-refractivity contribution in [2.24, 2.45) is 11.5 Å². The summed E-state index contributed by atoms with van der Waals surface area (Å²) in [6.07, 6.45) is 6.15. The van der Waals surface area contributed by atoms with Crippen LogP contribution in [0.2, 0.25) is 0 Å². The largest absolute Gasteiger partial charge is 0.368 e. The van der Waals surface area contributed by atoms with Gasteiger partial charge < -0.3 is 16.4 Å². The molecule has 1 saturated carbocycles. The van der Waals surface area contributed by atoms with Crippen molar-refractivity contribution in [3.8, 4) is 0 Å². The lowest BCUT2D eigenvalue weighted by molar-refractivity contribution is -0.116. The van der Waals surface area contributed by atoms with Crippen LogP contribution in [0.1, 0.15) is 31.4 Å². The Morgan fingerprint density at radius 3 is 2.78 bits per heavy atom. The van der Waals surface area contributed by atoms with E-state index >= 15 is 0 Å². The van der Waals surface area contributed by atoms with E-state index in [1.807, 2.05) is 4.90 Å². The zero-order chi connectivity index (χ0) is 13.0. The van der Waals surface area contributed by atoms with Crippen LogP contribution in [0.25, 0.3) is 0 Å². The highest BCUT2D eigenvalue weighted by atomic mass is 16.1. The lowest BCUT2D eigenvalue weighted by Crippen LogP contribution is -2.41. The molecule has 0 radical (unpaired) electrons. The third-order valence-electron chi connectivity index (χ3n) is 3.26. The van der Waals surface area contributed by atoms with Crippen LogP contribution in [-0.4, -0.2) is 28.5 Å². The maximum atomic E-state index is 11.2. The fraction of sp³-hybridized carbons (Fsp3) is 0.583. The van der Waals surface area contributed by atoms with Crippen molar-refractivity contribution in [1.82, 2.24) is 9.97 Å². The molecule has 0 atom stereocenters. The van der Waals surface area contributed by atoms with Crippen molar-refractivity contribution < 1.29 is 4.79 Å². The van der Waals surface area contributed by atoms with Crippen molar-refractivity contribution in [3.05, 3.63) is 18.0 Å². The van der Waals surface area contributed by atoms with Crippen LogP contribution >= 0.6 is 0 Å². The maximum Gasteiger partial charge on any atom is 0.237 e. The van der Waals surface area contributed by atoms with E-state index in [0.717, 1.165) is 18.5 Å². The first-order valence-corrected chi connectivity index (χ1v) is 6.27. The first kappa shape index (κ1) is 12.8. The summed E-state index contributed by atoms with van der Waals surface area (Å²) in [6, 6.07) is 2.09. The van der Waals surface area contributed by atoms with Crippen molar-refractivity contribution in [2.75, 3.05) is 11.4 Å². The van der Waals surface area contributed by atoms with Crippen molar-refractivity contribution >= 4 is 11.9 Å². The number of carbonyl (C=O) groups excluding carboxylic acids is 1. The smallest absolute Gasteiger partial charge is 0.237 e. The highest BCUT2D eigenvalue weighted by Crippen LogP contribution is 2.25. The zero-order valence-corrected chi connectivity index (χ0v) is 10.4. The fourth-order valence-electron chi connectivity index (χ4n) is 2.38. The summed E-state index contributed by atoms with van der Waals surface area (Å²) < 4.78 is 0. The van der Waals surface area contributed by atoms with Crippen molar-refractivity contribution in [3.63, 3.8) is 0 Å². The summed E-state index contributed by atoms with van der Waals surface area (Å²) in [5.41, 5.74) is 11.7. The van der Waals surface area contributed by atoms with Gasteiger partial charge in [-0.3, -0.25) is 4.79 Å². The second kappa shape index (κ2) is 5.77. The maximum absolute atomic E-state index is 11.2. The van der Waals surface area contributed by atoms with E-state index in [1.165, 1.54) is 12.8 Å². The van der Waals surface area contributed by atoms with Gasteiger partial charge >= 0.3 is 0 Å². The van der Waals surface area contributed by atoms with Gasteiger partial charge in [0.05, 0.1) is 12.2 Å². The third-order valence-corrected chi connectivity index (χ3v) is 3.26. The first-order chi connectivity index (χ1) is 8.70. The van der Waals surface area contributed by atoms with E-state index in [9.17, 15) is 4.79 Å². The normalized spacial score (nSPS) is 15.8. The molecule has 0 aromatic carbocycles. The van der Waals surface area contributed by atoms with E-state index in [4.69, 9.17) is 11.5 Å². The molecule has 6 nitrogen and oxygen atoms in total. The van der Waals surface area contributed by atoms with Gasteiger partial charge in [-0.1, -0.05) is 12.8 Å². The minimum Gasteiger partial charge on any atom is -0.368 e. The number of aromatic nitrogens is 2. The Balaban J connectivity index is 2.23. The van der Waals surface area contributed by atoms with Crippen LogP contribution in [0.4, 0.5) is 5.95 Å². The van der Waals surface area contributed by atoms with E-state index in [-0.39, 0.29) is 12.5 Å². The minimum absolute atomic E-state index is 0.165. The molecule has 1 amide bonds. The molecule has 0 bridgehead atoms. The topological polar surface area (TPSA) is 98.1 Å². The standard InChI is InChI=1S/C12H19N5O/c13-7-9-5-6-15-12(16-9)17(8-11(14)18)10-3-1-2-4-10/h5-6,10H,1-4,7-8,13H2,(H2,14,18). The number of carbonyl (C=O) groups is 1. The number of anilines is 1. The third kappa shape index (κ3) is 2.95. The molecule has 6 heteroatoms. The molecular weight excluding hydrogens is 230 g/mol. The van der Waals surface area contributed by atoms with Crippen molar-refractivity contribution in [2.45, 2.75) is 38.3 Å². The molecule has 1 heterocycles. The molecule has 18 heavy (non-hydrogen) atoms. The van der Waals surface area contributed by atoms with Gasteiger partial charge in [0.1, 0.15) is 0 Å². The summed E-state index contributed by atoms with van der Waals surface area (Å²) in [4.78, 5) is 21.7. The summed E-state index contributed by atoms with van der Waals surface area (Å²) in [5, 5.41) is 0. The molecule has 2 rings (SSSR count). The van der Waals surface area contributed by atoms with Crippen LogP contribution in [0.5, 0.6) is 0 Å². The average Bonchev–Trinajstić information content (AvgIpc) is 2.89. The molecule has 0 spiro atoms. The SMILES string of the molecule is NCc1ccnc(N(CC(N)=O)C2CCCC2)n1. The monoisotopic (exact) mass is 249 g/mol. The Hall–Kier alpha value is -1.69. The van der Waals surface area contributed by atoms with E-state index in [2.05, 4.69) is 9.97 Å². The molecule has 1 aromatic rings. The number of rotatable bonds is 5. The summed E-state index contributed by atoms with van der Waals surface area (Å²) in [6.45, 7) is 0.531. The van der Waals surface area contributed by atoms with Crippen LogP contribution in [0.15, 0.2) is 12.3 Å². The molecule has 0 saturated heterocycles. The second-order valence-corrected chi connectivity index (χ2v) is 4.58. The predicted molar refractivity (Wildman–Crippen MR) is 68.7 cm³/mol.